The zero-order valence-corrected chi connectivity index (χ0v) is 12.1. The molecule has 1 unspecified atom stereocenters. The molecule has 0 aromatic heterocycles. The van der Waals surface area contributed by atoms with Gasteiger partial charge >= 0.3 is 0 Å². The quantitative estimate of drug-likeness (QED) is 0.889. The van der Waals surface area contributed by atoms with Gasteiger partial charge in [0.15, 0.2) is 0 Å². The fourth-order valence-electron chi connectivity index (χ4n) is 2.61. The van der Waals surface area contributed by atoms with Gasteiger partial charge in [-0.1, -0.05) is 12.1 Å². The lowest BCUT2D eigenvalue weighted by Gasteiger charge is -2.35. The summed E-state index contributed by atoms with van der Waals surface area (Å²) in [4.78, 5) is 4.71. The molecule has 1 aliphatic heterocycles. The summed E-state index contributed by atoms with van der Waals surface area (Å²) in [5.74, 6) is -0.123. The molecule has 19 heavy (non-hydrogen) atoms. The first kappa shape index (κ1) is 14.4. The average Bonchev–Trinajstić information content (AvgIpc) is 2.37. The van der Waals surface area contributed by atoms with Crippen molar-refractivity contribution in [1.29, 1.82) is 0 Å². The predicted octanol–water partition coefficient (Wildman–Crippen LogP) is 1.47. The van der Waals surface area contributed by atoms with Crippen molar-refractivity contribution >= 4 is 0 Å². The van der Waals surface area contributed by atoms with E-state index in [0.717, 1.165) is 38.3 Å². The fourth-order valence-corrected chi connectivity index (χ4v) is 2.61. The summed E-state index contributed by atoms with van der Waals surface area (Å²) in [5, 5.41) is 3.43. The monoisotopic (exact) mass is 265 g/mol. The van der Waals surface area contributed by atoms with E-state index in [1.165, 1.54) is 5.56 Å². The molecule has 1 aromatic carbocycles. The van der Waals surface area contributed by atoms with Gasteiger partial charge in [-0.25, -0.2) is 4.39 Å². The molecule has 0 aliphatic carbocycles. The van der Waals surface area contributed by atoms with Crippen molar-refractivity contribution in [2.45, 2.75) is 19.5 Å². The van der Waals surface area contributed by atoms with Gasteiger partial charge in [-0.15, -0.1) is 0 Å². The Hall–Kier alpha value is -0.970. The van der Waals surface area contributed by atoms with Gasteiger partial charge in [-0.3, -0.25) is 4.90 Å². The molecule has 1 atom stereocenters. The largest absolute Gasteiger partial charge is 0.314 e. The van der Waals surface area contributed by atoms with E-state index >= 15 is 0 Å². The summed E-state index contributed by atoms with van der Waals surface area (Å²) in [6.45, 7) is 6.94. The first-order valence-electron chi connectivity index (χ1n) is 6.91. The van der Waals surface area contributed by atoms with Gasteiger partial charge in [0, 0.05) is 38.8 Å². The molecule has 4 heteroatoms. The smallest absolute Gasteiger partial charge is 0.126 e. The molecule has 2 rings (SSSR count). The molecule has 0 saturated carbocycles. The highest BCUT2D eigenvalue weighted by Gasteiger charge is 2.19. The second kappa shape index (κ2) is 6.46. The lowest BCUT2D eigenvalue weighted by atomic mass is 10.1. The standard InChI is InChI=1S/C15H24FN3/c1-12-8-13(4-5-15(12)16)10-18(2)11-14-9-17-6-7-19(14)3/h4-5,8,14,17H,6-7,9-11H2,1-3H3. The number of benzene rings is 1. The summed E-state index contributed by atoms with van der Waals surface area (Å²) in [6.07, 6.45) is 0. The van der Waals surface area contributed by atoms with Crippen LogP contribution < -0.4 is 5.32 Å². The van der Waals surface area contributed by atoms with Crippen molar-refractivity contribution in [2.75, 3.05) is 40.3 Å². The zero-order chi connectivity index (χ0) is 13.8. The highest BCUT2D eigenvalue weighted by molar-refractivity contribution is 5.23. The first-order chi connectivity index (χ1) is 9.06. The Morgan fingerprint density at radius 1 is 1.47 bits per heavy atom. The Balaban J connectivity index is 1.89. The van der Waals surface area contributed by atoms with Crippen LogP contribution in [-0.4, -0.2) is 56.1 Å². The SMILES string of the molecule is Cc1cc(CN(C)CC2CNCCN2C)ccc1F. The van der Waals surface area contributed by atoms with Gasteiger partial charge < -0.3 is 10.2 Å². The number of hydrogen-bond donors (Lipinski definition) is 1. The van der Waals surface area contributed by atoms with Crippen LogP contribution in [0.1, 0.15) is 11.1 Å². The van der Waals surface area contributed by atoms with Crippen molar-refractivity contribution in [3.05, 3.63) is 35.1 Å². The van der Waals surface area contributed by atoms with E-state index in [1.807, 2.05) is 19.1 Å². The van der Waals surface area contributed by atoms with Gasteiger partial charge in [0.1, 0.15) is 5.82 Å². The highest BCUT2D eigenvalue weighted by Crippen LogP contribution is 2.12. The lowest BCUT2D eigenvalue weighted by molar-refractivity contribution is 0.150. The van der Waals surface area contributed by atoms with E-state index < -0.39 is 0 Å². The molecule has 3 nitrogen and oxygen atoms in total. The number of nitrogens with zero attached hydrogens (tertiary/aromatic N) is 2. The van der Waals surface area contributed by atoms with Crippen molar-refractivity contribution in [3.63, 3.8) is 0 Å². The molecule has 106 valence electrons. The van der Waals surface area contributed by atoms with Crippen LogP contribution >= 0.6 is 0 Å². The molecule has 1 saturated heterocycles. The Kier molecular flexibility index (Phi) is 4.91. The fraction of sp³-hybridized carbons (Fsp3) is 0.600. The Morgan fingerprint density at radius 2 is 2.26 bits per heavy atom. The van der Waals surface area contributed by atoms with Crippen molar-refractivity contribution in [2.24, 2.45) is 0 Å². The second-order valence-corrected chi connectivity index (χ2v) is 5.62. The highest BCUT2D eigenvalue weighted by atomic mass is 19.1. The van der Waals surface area contributed by atoms with Crippen LogP contribution in [0.5, 0.6) is 0 Å². The maximum Gasteiger partial charge on any atom is 0.126 e. The normalized spacial score (nSPS) is 21.0. The van der Waals surface area contributed by atoms with Crippen molar-refractivity contribution in [1.82, 2.24) is 15.1 Å². The summed E-state index contributed by atoms with van der Waals surface area (Å²) in [7, 11) is 4.31. The van der Waals surface area contributed by atoms with Crippen LogP contribution in [0, 0.1) is 12.7 Å². The molecular formula is C15H24FN3. The number of aryl methyl sites for hydroxylation is 1. The van der Waals surface area contributed by atoms with Crippen LogP contribution in [0.15, 0.2) is 18.2 Å². The third-order valence-electron chi connectivity index (χ3n) is 3.84. The van der Waals surface area contributed by atoms with Gasteiger partial charge in [-0.05, 0) is 38.2 Å². The number of halogens is 1. The number of piperazine rings is 1. The molecule has 1 fully saturated rings. The molecule has 0 amide bonds. The van der Waals surface area contributed by atoms with Crippen LogP contribution in [0.4, 0.5) is 4.39 Å². The van der Waals surface area contributed by atoms with Gasteiger partial charge in [-0.2, -0.15) is 0 Å². The van der Waals surface area contributed by atoms with Gasteiger partial charge in [0.05, 0.1) is 0 Å². The van der Waals surface area contributed by atoms with E-state index in [9.17, 15) is 4.39 Å². The van der Waals surface area contributed by atoms with Crippen LogP contribution in [-0.2, 0) is 6.54 Å². The molecule has 1 N–H and O–H groups in total. The Bertz CT molecular complexity index is 422. The number of nitrogens with one attached hydrogen (secondary N) is 1. The minimum absolute atomic E-state index is 0.123. The second-order valence-electron chi connectivity index (χ2n) is 5.62. The summed E-state index contributed by atoms with van der Waals surface area (Å²) < 4.78 is 13.2. The molecule has 1 heterocycles. The van der Waals surface area contributed by atoms with E-state index in [4.69, 9.17) is 0 Å². The maximum absolute atomic E-state index is 13.2. The van der Waals surface area contributed by atoms with Gasteiger partial charge in [0.2, 0.25) is 0 Å². The summed E-state index contributed by atoms with van der Waals surface area (Å²) in [6, 6.07) is 5.93. The third kappa shape index (κ3) is 4.00. The van der Waals surface area contributed by atoms with E-state index in [1.54, 1.807) is 6.07 Å². The average molecular weight is 265 g/mol. The number of rotatable bonds is 4. The maximum atomic E-state index is 13.2. The van der Waals surface area contributed by atoms with E-state index in [2.05, 4.69) is 29.2 Å². The number of hydrogen-bond acceptors (Lipinski definition) is 3. The molecule has 1 aliphatic rings. The van der Waals surface area contributed by atoms with E-state index in [-0.39, 0.29) is 5.82 Å². The van der Waals surface area contributed by atoms with Crippen LogP contribution in [0.25, 0.3) is 0 Å². The topological polar surface area (TPSA) is 18.5 Å². The summed E-state index contributed by atoms with van der Waals surface area (Å²) >= 11 is 0. The predicted molar refractivity (Wildman–Crippen MR) is 76.8 cm³/mol. The van der Waals surface area contributed by atoms with E-state index in [0.29, 0.717) is 6.04 Å². The van der Waals surface area contributed by atoms with Crippen molar-refractivity contribution < 1.29 is 4.39 Å². The van der Waals surface area contributed by atoms with Gasteiger partial charge in [0.25, 0.3) is 0 Å². The molecule has 1 aromatic rings. The molecule has 0 bridgehead atoms. The molecule has 0 radical (unpaired) electrons. The Labute approximate surface area is 115 Å². The van der Waals surface area contributed by atoms with Crippen molar-refractivity contribution in [3.8, 4) is 0 Å². The lowest BCUT2D eigenvalue weighted by Crippen LogP contribution is -2.53. The summed E-state index contributed by atoms with van der Waals surface area (Å²) in [5.41, 5.74) is 1.90. The van der Waals surface area contributed by atoms with Crippen LogP contribution in [0.2, 0.25) is 0 Å². The molecule has 0 spiro atoms. The minimum atomic E-state index is -0.123. The zero-order valence-electron chi connectivity index (χ0n) is 12.1. The minimum Gasteiger partial charge on any atom is -0.314 e. The molecular weight excluding hydrogens is 241 g/mol. The third-order valence-corrected chi connectivity index (χ3v) is 3.84. The number of likely N-dealkylation sites (N-methyl/N-ethyl adjacent to an activating group) is 2. The first-order valence-corrected chi connectivity index (χ1v) is 6.91. The van der Waals surface area contributed by atoms with Crippen LogP contribution in [0.3, 0.4) is 0 Å². The Morgan fingerprint density at radius 3 is 2.95 bits per heavy atom.